The van der Waals surface area contributed by atoms with E-state index in [0.717, 1.165) is 47.3 Å². The van der Waals surface area contributed by atoms with E-state index in [4.69, 9.17) is 9.88 Å². The van der Waals surface area contributed by atoms with E-state index in [1.165, 1.54) is 18.6 Å². The van der Waals surface area contributed by atoms with E-state index in [-0.39, 0.29) is 10.9 Å². The molecule has 3 aliphatic rings. The van der Waals surface area contributed by atoms with Crippen molar-refractivity contribution in [2.45, 2.75) is 36.8 Å². The molecule has 1 aromatic heterocycles. The van der Waals surface area contributed by atoms with Crippen molar-refractivity contribution in [3.63, 3.8) is 0 Å². The number of benzene rings is 2. The molecule has 0 saturated carbocycles. The van der Waals surface area contributed by atoms with Gasteiger partial charge in [0.05, 0.1) is 23.6 Å². The molecule has 186 valence electrons. The minimum absolute atomic E-state index is 0.164. The summed E-state index contributed by atoms with van der Waals surface area (Å²) in [6, 6.07) is 14.4. The first-order valence-corrected chi connectivity index (χ1v) is 13.3. The first-order valence-electron chi connectivity index (χ1n) is 11.8. The maximum atomic E-state index is 11.2. The number of nitrogens with two attached hydrogens (primary N) is 1. The Morgan fingerprint density at radius 1 is 1.26 bits per heavy atom. The molecule has 3 N–H and O–H groups in total. The number of methoxy groups -OCH3 is 1. The van der Waals surface area contributed by atoms with E-state index in [0.29, 0.717) is 11.8 Å². The third kappa shape index (κ3) is 5.56. The summed E-state index contributed by atoms with van der Waals surface area (Å²) in [4.78, 5) is 7.02. The smallest absolute Gasteiger partial charge is 0.238 e. The Morgan fingerprint density at radius 2 is 2.06 bits per heavy atom. The molecule has 6 rings (SSSR count). The second kappa shape index (κ2) is 10.5. The van der Waals surface area contributed by atoms with E-state index in [2.05, 4.69) is 22.5 Å². The molecule has 3 saturated heterocycles. The van der Waals surface area contributed by atoms with Crippen LogP contribution in [0.5, 0.6) is 5.75 Å². The number of piperidine rings is 3. The zero-order valence-electron chi connectivity index (χ0n) is 20.2. The van der Waals surface area contributed by atoms with Crippen LogP contribution >= 0.6 is 0 Å². The first-order chi connectivity index (χ1) is 16.7. The molecule has 5 atom stereocenters. The average molecular weight is 496 g/mol. The van der Waals surface area contributed by atoms with Gasteiger partial charge in [-0.05, 0) is 85.7 Å². The predicted molar refractivity (Wildman–Crippen MR) is 138 cm³/mol. The van der Waals surface area contributed by atoms with Crippen LogP contribution in [0.15, 0.2) is 72.3 Å². The lowest BCUT2D eigenvalue weighted by Gasteiger charge is -2.50. The third-order valence-corrected chi connectivity index (χ3v) is 8.05. The highest BCUT2D eigenvalue weighted by molar-refractivity contribution is 7.89. The predicted octanol–water partition coefficient (Wildman–Crippen LogP) is 3.82. The maximum Gasteiger partial charge on any atom is 0.238 e. The molecule has 0 amide bonds. The van der Waals surface area contributed by atoms with Crippen LogP contribution in [-0.2, 0) is 10.0 Å². The number of nitrogens with zero attached hydrogens (tertiary/aromatic N) is 2. The average Bonchev–Trinajstić information content (AvgIpc) is 2.87. The van der Waals surface area contributed by atoms with E-state index in [1.807, 2.05) is 37.3 Å². The molecule has 2 aromatic carbocycles. The van der Waals surface area contributed by atoms with Crippen molar-refractivity contribution in [2.75, 3.05) is 20.2 Å². The number of hydrogen-bond donors (Lipinski definition) is 2. The molecular weight excluding hydrogens is 462 g/mol. The van der Waals surface area contributed by atoms with Gasteiger partial charge in [0.15, 0.2) is 0 Å². The molecule has 35 heavy (non-hydrogen) atoms. The van der Waals surface area contributed by atoms with Gasteiger partial charge in [-0.3, -0.25) is 9.88 Å². The highest BCUT2D eigenvalue weighted by atomic mass is 32.2. The van der Waals surface area contributed by atoms with E-state index in [1.54, 1.807) is 19.4 Å². The Hall–Kier alpha value is -2.78. The summed E-state index contributed by atoms with van der Waals surface area (Å²) < 4.78 is 26.9. The summed E-state index contributed by atoms with van der Waals surface area (Å²) in [5.41, 5.74) is 2.73. The van der Waals surface area contributed by atoms with Crippen LogP contribution in [0.3, 0.4) is 0 Å². The molecular formula is C27H33N3O4S. The first kappa shape index (κ1) is 25.3. The molecule has 8 heteroatoms. The number of ether oxygens (including phenoxy) is 1. The number of rotatable bonds is 5. The number of sulfonamides is 1. The van der Waals surface area contributed by atoms with Crippen molar-refractivity contribution in [1.82, 2.24) is 9.88 Å². The minimum atomic E-state index is -3.53. The molecule has 0 aliphatic carbocycles. The number of aromatic nitrogens is 1. The van der Waals surface area contributed by atoms with Crippen molar-refractivity contribution in [3.8, 4) is 5.75 Å². The van der Waals surface area contributed by atoms with Gasteiger partial charge in [0, 0.05) is 24.2 Å². The quantitative estimate of drug-likeness (QED) is 0.522. The minimum Gasteiger partial charge on any atom is -0.497 e. The number of fused-ring (bicyclic) bond motifs is 4. The number of aliphatic hydroxyl groups excluding tert-OH is 1. The second-order valence-corrected chi connectivity index (χ2v) is 10.9. The van der Waals surface area contributed by atoms with E-state index in [9.17, 15) is 13.5 Å². The molecule has 2 bridgehead atoms. The summed E-state index contributed by atoms with van der Waals surface area (Å²) >= 11 is 0. The Bertz CT molecular complexity index is 1310. The fraction of sp³-hybridized carbons (Fsp3) is 0.370. The molecule has 3 aromatic rings. The molecule has 3 fully saturated rings. The largest absolute Gasteiger partial charge is 0.497 e. The van der Waals surface area contributed by atoms with Gasteiger partial charge in [-0.25, -0.2) is 13.6 Å². The summed E-state index contributed by atoms with van der Waals surface area (Å²) in [6.07, 6.45) is 5.62. The molecule has 0 spiro atoms. The lowest BCUT2D eigenvalue weighted by Crippen LogP contribution is -2.54. The number of primary sulfonamides is 1. The Labute approximate surface area is 207 Å². The van der Waals surface area contributed by atoms with Crippen molar-refractivity contribution < 1.29 is 18.3 Å². The van der Waals surface area contributed by atoms with Gasteiger partial charge in [-0.1, -0.05) is 18.2 Å². The van der Waals surface area contributed by atoms with Gasteiger partial charge in [0.2, 0.25) is 10.0 Å². The summed E-state index contributed by atoms with van der Waals surface area (Å²) in [5, 5.41) is 17.0. The van der Waals surface area contributed by atoms with Crippen LogP contribution in [0.25, 0.3) is 10.9 Å². The van der Waals surface area contributed by atoms with Crippen LogP contribution < -0.4 is 9.88 Å². The monoisotopic (exact) mass is 495 g/mol. The maximum absolute atomic E-state index is 11.2. The summed E-state index contributed by atoms with van der Waals surface area (Å²) in [6.45, 7) is 7.88. The van der Waals surface area contributed by atoms with Crippen molar-refractivity contribution in [3.05, 3.63) is 78.5 Å². The third-order valence-electron chi connectivity index (χ3n) is 7.14. The zero-order chi connectivity index (χ0) is 25.2. The summed E-state index contributed by atoms with van der Waals surface area (Å²) in [5.74, 6) is 2.01. The summed E-state index contributed by atoms with van der Waals surface area (Å²) in [7, 11) is -1.86. The zero-order valence-corrected chi connectivity index (χ0v) is 21.0. The van der Waals surface area contributed by atoms with Crippen LogP contribution in [0, 0.1) is 18.8 Å². The fourth-order valence-electron chi connectivity index (χ4n) is 5.24. The van der Waals surface area contributed by atoms with E-state index < -0.39 is 16.1 Å². The van der Waals surface area contributed by atoms with Gasteiger partial charge >= 0.3 is 0 Å². The van der Waals surface area contributed by atoms with Crippen molar-refractivity contribution in [1.29, 1.82) is 0 Å². The topological polar surface area (TPSA) is 106 Å². The number of pyridine rings is 1. The SMILES string of the molecule is C=C[C@H]1CN2CC[C@H]1C[C@H]2[C@H](O)c1ccnc2ccc(OC)cc12.Cc1cccc(S(N)(=O)=O)c1. The van der Waals surface area contributed by atoms with E-state index >= 15 is 0 Å². The Balaban J connectivity index is 0.000000221. The van der Waals surface area contributed by atoms with Gasteiger partial charge in [-0.2, -0.15) is 0 Å². The number of aryl methyl sites for hydroxylation is 1. The van der Waals surface area contributed by atoms with Crippen LogP contribution in [0.4, 0.5) is 0 Å². The standard InChI is InChI=1S/C20H24N2O2.C7H9NO2S/c1-3-13-12-22-9-7-14(13)10-19(22)20(23)16-6-8-21-18-5-4-15(24-2)11-17(16)18;1-6-3-2-4-7(5-6)11(8,9)10/h3-6,8,11,13-14,19-20,23H,1,7,9-10,12H2,2H3;2-5H,1H3,(H2,8,9,10)/t13-,14-,19-,20+;/m0./s1. The highest BCUT2D eigenvalue weighted by Crippen LogP contribution is 2.42. The van der Waals surface area contributed by atoms with Gasteiger partial charge in [-0.15, -0.1) is 6.58 Å². The lowest BCUT2D eigenvalue weighted by molar-refractivity contribution is -0.0444. The van der Waals surface area contributed by atoms with Gasteiger partial charge in [0.25, 0.3) is 0 Å². The number of hydrogen-bond acceptors (Lipinski definition) is 6. The van der Waals surface area contributed by atoms with Crippen LogP contribution in [0.1, 0.15) is 30.1 Å². The number of aliphatic hydroxyl groups is 1. The fourth-order valence-corrected chi connectivity index (χ4v) is 5.86. The Morgan fingerprint density at radius 3 is 2.66 bits per heavy atom. The molecule has 7 nitrogen and oxygen atoms in total. The van der Waals surface area contributed by atoms with Crippen LogP contribution in [0.2, 0.25) is 0 Å². The molecule has 4 heterocycles. The molecule has 1 unspecified atom stereocenters. The lowest BCUT2D eigenvalue weighted by atomic mass is 9.73. The van der Waals surface area contributed by atoms with Gasteiger partial charge < -0.3 is 9.84 Å². The molecule has 0 radical (unpaired) electrons. The van der Waals surface area contributed by atoms with Crippen LogP contribution in [-0.4, -0.2) is 49.6 Å². The Kier molecular flexibility index (Phi) is 7.56. The van der Waals surface area contributed by atoms with Gasteiger partial charge in [0.1, 0.15) is 5.75 Å². The van der Waals surface area contributed by atoms with Crippen molar-refractivity contribution >= 4 is 20.9 Å². The normalized spacial score (nSPS) is 24.3. The van der Waals surface area contributed by atoms with Crippen molar-refractivity contribution in [2.24, 2.45) is 17.0 Å². The second-order valence-electron chi connectivity index (χ2n) is 9.34. The highest BCUT2D eigenvalue weighted by Gasteiger charge is 2.42. The molecule has 3 aliphatic heterocycles.